The Kier molecular flexibility index (Phi) is 7.72. The zero-order valence-corrected chi connectivity index (χ0v) is 23.8. The molecule has 0 radical (unpaired) electrons. The lowest BCUT2D eigenvalue weighted by molar-refractivity contribution is -0.499. The second kappa shape index (κ2) is 11.4. The van der Waals surface area contributed by atoms with Gasteiger partial charge in [0.2, 0.25) is 30.0 Å². The number of phosphoric ester groups is 1. The smallest absolute Gasteiger partial charge is 0.414 e. The molecule has 6 rings (SSSR count). The van der Waals surface area contributed by atoms with E-state index in [4.69, 9.17) is 30.0 Å². The van der Waals surface area contributed by atoms with Crippen molar-refractivity contribution < 1.29 is 42.7 Å². The fraction of sp³-hybridized carbons (Fsp3) is 0.476. The number of hydrogen-bond donors (Lipinski definition) is 7. The van der Waals surface area contributed by atoms with Crippen molar-refractivity contribution in [2.75, 3.05) is 24.7 Å². The number of nitrogen functional groups attached to an aromatic ring is 2. The number of aromatic nitrogens is 8. The molecule has 2 aliphatic heterocycles. The number of nitriles is 1. The van der Waals surface area contributed by atoms with Gasteiger partial charge in [0.15, 0.2) is 11.2 Å². The van der Waals surface area contributed by atoms with Crippen molar-refractivity contribution in [3.8, 4) is 5.97 Å². The van der Waals surface area contributed by atoms with Crippen LogP contribution in [0.25, 0.3) is 22.3 Å². The molecule has 0 saturated carbocycles. The lowest BCUT2D eigenvalue weighted by Gasteiger charge is -2.21. The first-order valence-electron chi connectivity index (χ1n) is 13.4. The number of aromatic amines is 2. The van der Waals surface area contributed by atoms with Crippen molar-refractivity contribution in [3.05, 3.63) is 33.4 Å². The highest BCUT2D eigenvalue weighted by molar-refractivity contribution is 7.47. The number of rotatable bonds is 9. The topological polar surface area (TPSA) is 309 Å². The van der Waals surface area contributed by atoms with Gasteiger partial charge in [-0.25, -0.2) is 14.8 Å². The fourth-order valence-corrected chi connectivity index (χ4v) is 6.42. The van der Waals surface area contributed by atoms with Crippen LogP contribution in [0.5, 0.6) is 0 Å². The van der Waals surface area contributed by atoms with E-state index in [0.29, 0.717) is 0 Å². The summed E-state index contributed by atoms with van der Waals surface area (Å²) in [6, 6.07) is 0. The molecule has 234 valence electrons. The number of fused-ring (bicyclic) bond motifs is 2. The predicted octanol–water partition coefficient (Wildman–Crippen LogP) is -3.85. The molecular formula is C21H27BN11O10P. The van der Waals surface area contributed by atoms with Crippen LogP contribution < -0.4 is 27.1 Å². The third kappa shape index (κ3) is 5.46. The minimum atomic E-state index is -4.81. The van der Waals surface area contributed by atoms with E-state index >= 15 is 0 Å². The van der Waals surface area contributed by atoms with Crippen LogP contribution in [-0.2, 0) is 23.1 Å². The zero-order chi connectivity index (χ0) is 31.3. The van der Waals surface area contributed by atoms with Crippen LogP contribution in [-0.4, -0.2) is 94.2 Å². The molecule has 4 aromatic rings. The maximum Gasteiger partial charge on any atom is 0.472 e. The van der Waals surface area contributed by atoms with Crippen LogP contribution in [0.15, 0.2) is 22.2 Å². The van der Waals surface area contributed by atoms with E-state index in [1.807, 2.05) is 0 Å². The number of aliphatic hydroxyl groups excluding tert-OH is 2. The number of H-pyrrole nitrogens is 2. The Morgan fingerprint density at radius 1 is 1.14 bits per heavy atom. The van der Waals surface area contributed by atoms with Gasteiger partial charge in [-0.1, -0.05) is 0 Å². The summed E-state index contributed by atoms with van der Waals surface area (Å²) in [6.07, 6.45) is -3.45. The van der Waals surface area contributed by atoms with Crippen LogP contribution in [0, 0.1) is 11.2 Å². The van der Waals surface area contributed by atoms with Crippen LogP contribution in [0.3, 0.4) is 0 Å². The summed E-state index contributed by atoms with van der Waals surface area (Å²) in [5.41, 5.74) is 10.6. The van der Waals surface area contributed by atoms with Crippen molar-refractivity contribution >= 4 is 49.5 Å². The van der Waals surface area contributed by atoms with Gasteiger partial charge in [0.05, 0.1) is 25.6 Å². The highest BCUT2D eigenvalue weighted by atomic mass is 31.2. The summed E-state index contributed by atoms with van der Waals surface area (Å²) in [6.45, 7) is -1.14. The van der Waals surface area contributed by atoms with Gasteiger partial charge in [0, 0.05) is 12.8 Å². The zero-order valence-electron chi connectivity index (χ0n) is 22.9. The molecule has 0 bridgehead atoms. The molecule has 0 aliphatic carbocycles. The number of nitrogens with one attached hydrogen (secondary N) is 2. The monoisotopic (exact) mass is 635 g/mol. The number of imidazole rings is 2. The van der Waals surface area contributed by atoms with Crippen molar-refractivity contribution in [1.82, 2.24) is 34.1 Å². The molecule has 7 unspecified atom stereocenters. The van der Waals surface area contributed by atoms with E-state index in [9.17, 15) is 34.5 Å². The predicted molar refractivity (Wildman–Crippen MR) is 148 cm³/mol. The number of hydrogen-bond acceptors (Lipinski definition) is 15. The summed E-state index contributed by atoms with van der Waals surface area (Å²) >= 11 is 0. The Hall–Kier alpha value is -4.20. The van der Waals surface area contributed by atoms with Crippen LogP contribution >= 0.6 is 7.82 Å². The van der Waals surface area contributed by atoms with Crippen LogP contribution in [0.2, 0.25) is 0 Å². The van der Waals surface area contributed by atoms with Gasteiger partial charge in [-0.2, -0.15) is 14.5 Å². The van der Waals surface area contributed by atoms with E-state index in [2.05, 4.69) is 30.9 Å². The molecule has 0 spiro atoms. The molecule has 2 fully saturated rings. The van der Waals surface area contributed by atoms with Gasteiger partial charge in [-0.15, -0.1) is 5.97 Å². The van der Waals surface area contributed by atoms with Crippen LogP contribution in [0.4, 0.5) is 11.9 Å². The number of nitrogens with two attached hydrogens (primary N) is 2. The molecule has 2 saturated heterocycles. The number of phosphoric acid groups is 1. The first kappa shape index (κ1) is 29.9. The quantitative estimate of drug-likeness (QED) is 0.0684. The summed E-state index contributed by atoms with van der Waals surface area (Å²) in [5, 5.41) is 29.7. The molecule has 2 aliphatic rings. The van der Waals surface area contributed by atoms with Crippen molar-refractivity contribution in [3.63, 3.8) is 0 Å². The summed E-state index contributed by atoms with van der Waals surface area (Å²) in [5.74, 6) is 1.76. The third-order valence-electron chi connectivity index (χ3n) is 7.44. The van der Waals surface area contributed by atoms with Crippen molar-refractivity contribution in [2.45, 2.75) is 49.7 Å². The molecular weight excluding hydrogens is 608 g/mol. The minimum Gasteiger partial charge on any atom is -0.414 e. The molecule has 0 aromatic carbocycles. The maximum atomic E-state index is 12.9. The SMILES string of the molecule is N#C[BH2-][n+]1cn(C2CC(OP(=O)(O)OCC3OC(n4cnc5c(=O)[nH]c(N)nc54)CC3O)C(CO)O2)c2nc(N)[nH]c(=O)c21. The number of anilines is 2. The van der Waals surface area contributed by atoms with E-state index in [-0.39, 0.29) is 47.1 Å². The number of aliphatic hydroxyl groups is 2. The third-order valence-corrected chi connectivity index (χ3v) is 8.45. The summed E-state index contributed by atoms with van der Waals surface area (Å²) < 4.78 is 39.4. The highest BCUT2D eigenvalue weighted by Gasteiger charge is 2.45. The van der Waals surface area contributed by atoms with E-state index in [0.717, 1.165) is 0 Å². The van der Waals surface area contributed by atoms with Gasteiger partial charge in [-0.05, 0) is 0 Å². The molecule has 23 heteroatoms. The van der Waals surface area contributed by atoms with Crippen molar-refractivity contribution in [2.24, 2.45) is 0 Å². The van der Waals surface area contributed by atoms with Crippen LogP contribution in [0.1, 0.15) is 25.3 Å². The standard InChI is InChI=1S/C21H27BN11O10P/c23-5-22-33-7-32(17-15(33)19(37)30-21(25)28-17)13-2-9(10(3-34)41-13)43-44(38,39)40-4-11-8(35)1-12(42-11)31-6-26-14-16(31)27-20(24)29-18(14)36/h6-13,34-35H,1-4,22H2,(H,38,39)(H3,24,27,29,36)(H3,25,28,30,37). The van der Waals surface area contributed by atoms with Gasteiger partial charge < -0.3 is 40.5 Å². The maximum absolute atomic E-state index is 12.9. The van der Waals surface area contributed by atoms with Gasteiger partial charge >= 0.3 is 7.82 Å². The summed E-state index contributed by atoms with van der Waals surface area (Å²) in [7, 11) is -6.24. The molecule has 7 atom stereocenters. The number of ether oxygens (including phenoxy) is 2. The molecule has 0 amide bonds. The van der Waals surface area contributed by atoms with Crippen molar-refractivity contribution in [1.29, 1.82) is 5.26 Å². The lowest BCUT2D eigenvalue weighted by Crippen LogP contribution is -2.41. The molecule has 44 heavy (non-hydrogen) atoms. The Morgan fingerprint density at radius 3 is 2.55 bits per heavy atom. The molecule has 6 heterocycles. The Balaban J connectivity index is 1.13. The van der Waals surface area contributed by atoms with E-state index < -0.39 is 76.4 Å². The average Bonchev–Trinajstić information content (AvgIpc) is 3.72. The van der Waals surface area contributed by atoms with Gasteiger partial charge in [-0.3, -0.25) is 33.2 Å². The Labute approximate surface area is 245 Å². The van der Waals surface area contributed by atoms with E-state index in [1.54, 1.807) is 0 Å². The van der Waals surface area contributed by atoms with E-state index in [1.165, 1.54) is 26.3 Å². The highest BCUT2D eigenvalue weighted by Crippen LogP contribution is 2.49. The lowest BCUT2D eigenvalue weighted by atomic mass is 9.98. The largest absolute Gasteiger partial charge is 0.472 e. The summed E-state index contributed by atoms with van der Waals surface area (Å²) in [4.78, 5) is 52.0. The first-order valence-corrected chi connectivity index (χ1v) is 14.9. The normalized spacial score (nSPS) is 26.8. The second-order valence-electron chi connectivity index (χ2n) is 10.4. The van der Waals surface area contributed by atoms with Gasteiger partial charge in [0.25, 0.3) is 24.2 Å². The fourth-order valence-electron chi connectivity index (χ4n) is 5.46. The van der Waals surface area contributed by atoms with Gasteiger partial charge in [0.1, 0.15) is 24.5 Å². The number of nitrogens with zero attached hydrogens (tertiary/aromatic N) is 7. The molecule has 9 N–H and O–H groups in total. The second-order valence-corrected chi connectivity index (χ2v) is 11.8. The first-order chi connectivity index (χ1) is 21.0. The average molecular weight is 635 g/mol. The minimum absolute atomic E-state index is 0.0153. The Bertz CT molecular complexity index is 1940. The Morgan fingerprint density at radius 2 is 1.82 bits per heavy atom. The molecule has 21 nitrogen and oxygen atoms in total. The molecule has 4 aromatic heterocycles.